The molecule has 10 nitrogen and oxygen atoms in total. The van der Waals surface area contributed by atoms with E-state index in [1.54, 1.807) is 6.20 Å². The van der Waals surface area contributed by atoms with Gasteiger partial charge in [0.15, 0.2) is 0 Å². The van der Waals surface area contributed by atoms with Crippen molar-refractivity contribution in [2.75, 3.05) is 29.3 Å². The first-order chi connectivity index (χ1) is 16.1. The predicted molar refractivity (Wildman–Crippen MR) is 125 cm³/mol. The lowest BCUT2D eigenvalue weighted by molar-refractivity contribution is 0.0776. The Morgan fingerprint density at radius 3 is 2.94 bits per heavy atom. The highest BCUT2D eigenvalue weighted by atomic mass is 16.2. The van der Waals surface area contributed by atoms with Crippen LogP contribution in [0.15, 0.2) is 42.9 Å². The normalized spacial score (nSPS) is 19.1. The van der Waals surface area contributed by atoms with Gasteiger partial charge in [-0.15, -0.1) is 5.53 Å². The van der Waals surface area contributed by atoms with Crippen LogP contribution in [0.3, 0.4) is 0 Å². The first-order valence-corrected chi connectivity index (χ1v) is 11.1. The van der Waals surface area contributed by atoms with Crippen LogP contribution in [0, 0.1) is 6.92 Å². The van der Waals surface area contributed by atoms with Gasteiger partial charge in [0, 0.05) is 55.7 Å². The van der Waals surface area contributed by atoms with Crippen molar-refractivity contribution in [3.8, 4) is 0 Å². The number of hydrogen-bond donors (Lipinski definition) is 4. The van der Waals surface area contributed by atoms with Gasteiger partial charge >= 0.3 is 0 Å². The number of nitrogens with one attached hydrogen (secondary N) is 4. The zero-order valence-electron chi connectivity index (χ0n) is 18.3. The van der Waals surface area contributed by atoms with Gasteiger partial charge in [0.25, 0.3) is 5.91 Å². The Bertz CT molecular complexity index is 1230. The summed E-state index contributed by atoms with van der Waals surface area (Å²) in [6.45, 7) is 5.07. The average Bonchev–Trinajstić information content (AvgIpc) is 3.56. The second-order valence-electron chi connectivity index (χ2n) is 8.78. The van der Waals surface area contributed by atoms with E-state index < -0.39 is 0 Å². The molecule has 10 heteroatoms. The quantitative estimate of drug-likeness (QED) is 0.483. The lowest BCUT2D eigenvalue weighted by Gasteiger charge is -2.23. The van der Waals surface area contributed by atoms with E-state index in [0.29, 0.717) is 17.6 Å². The fourth-order valence-corrected chi connectivity index (χ4v) is 4.71. The molecule has 1 aromatic carbocycles. The van der Waals surface area contributed by atoms with Crippen LogP contribution in [0.25, 0.3) is 0 Å². The molecule has 6 rings (SSSR count). The van der Waals surface area contributed by atoms with Crippen LogP contribution in [0.1, 0.15) is 33.6 Å². The van der Waals surface area contributed by atoms with Crippen LogP contribution in [0.5, 0.6) is 0 Å². The van der Waals surface area contributed by atoms with Crippen molar-refractivity contribution in [2.45, 2.75) is 32.5 Å². The van der Waals surface area contributed by atoms with Crippen molar-refractivity contribution in [2.24, 2.45) is 0 Å². The Balaban J connectivity index is 1.10. The van der Waals surface area contributed by atoms with Gasteiger partial charge in [0.1, 0.15) is 0 Å². The van der Waals surface area contributed by atoms with Crippen molar-refractivity contribution in [1.29, 1.82) is 0 Å². The smallest absolute Gasteiger partial charge is 0.253 e. The highest BCUT2D eigenvalue weighted by molar-refractivity contribution is 5.96. The van der Waals surface area contributed by atoms with Crippen molar-refractivity contribution < 1.29 is 4.79 Å². The molecule has 0 radical (unpaired) electrons. The third kappa shape index (κ3) is 3.83. The molecule has 3 aliphatic rings. The fourth-order valence-electron chi connectivity index (χ4n) is 4.71. The summed E-state index contributed by atoms with van der Waals surface area (Å²) in [7, 11) is 0. The molecule has 1 unspecified atom stereocenters. The first-order valence-electron chi connectivity index (χ1n) is 11.1. The number of benzene rings is 1. The number of anilines is 4. The molecule has 1 saturated heterocycles. The van der Waals surface area contributed by atoms with Crippen molar-refractivity contribution in [3.05, 3.63) is 65.2 Å². The number of aryl methyl sites for hydroxylation is 1. The summed E-state index contributed by atoms with van der Waals surface area (Å²) in [6, 6.07) is 8.01. The van der Waals surface area contributed by atoms with Gasteiger partial charge in [-0.05, 0) is 43.2 Å². The molecule has 168 valence electrons. The zero-order valence-corrected chi connectivity index (χ0v) is 18.3. The molecule has 4 N–H and O–H groups in total. The summed E-state index contributed by atoms with van der Waals surface area (Å²) in [5.74, 6) is 0.657. The lowest BCUT2D eigenvalue weighted by atomic mass is 10.1. The van der Waals surface area contributed by atoms with Gasteiger partial charge in [-0.1, -0.05) is 0 Å². The third-order valence-electron chi connectivity index (χ3n) is 6.44. The van der Waals surface area contributed by atoms with E-state index >= 15 is 0 Å². The molecule has 1 amide bonds. The molecule has 3 aromatic rings. The van der Waals surface area contributed by atoms with E-state index in [2.05, 4.69) is 36.6 Å². The number of pyridine rings is 1. The maximum atomic E-state index is 13.1. The molecule has 0 spiro atoms. The third-order valence-corrected chi connectivity index (χ3v) is 6.44. The SMILES string of the molecule is Cc1cncc(Nc2ncc3c(n2)CN(C2CCN(C(=O)c4ccc5c(c4)NNN5)C2)C3)c1. The standard InChI is InChI=1S/C23H25N9O/c1-14-6-17(10-24-8-14)26-23-25-9-16-11-32(13-21(16)27-23)18-4-5-31(12-18)22(33)15-2-3-19-20(7-15)29-30-28-19/h2-3,6-10,18,28-30H,4-5,11-13H2,1H3,(H,25,26,27). The van der Waals surface area contributed by atoms with Crippen molar-refractivity contribution >= 4 is 28.9 Å². The number of hydrogen-bond acceptors (Lipinski definition) is 9. The molecule has 1 fully saturated rings. The minimum absolute atomic E-state index is 0.0729. The molecule has 5 heterocycles. The summed E-state index contributed by atoms with van der Waals surface area (Å²) in [5, 5.41) is 3.25. The van der Waals surface area contributed by atoms with Crippen LogP contribution in [-0.4, -0.2) is 49.8 Å². The summed E-state index contributed by atoms with van der Waals surface area (Å²) < 4.78 is 0. The predicted octanol–water partition coefficient (Wildman–Crippen LogP) is 2.41. The van der Waals surface area contributed by atoms with Crippen molar-refractivity contribution in [3.63, 3.8) is 0 Å². The van der Waals surface area contributed by atoms with Crippen LogP contribution >= 0.6 is 0 Å². The first kappa shape index (κ1) is 19.9. The maximum absolute atomic E-state index is 13.1. The summed E-state index contributed by atoms with van der Waals surface area (Å²) in [6.07, 6.45) is 6.45. The van der Waals surface area contributed by atoms with Crippen molar-refractivity contribution in [1.82, 2.24) is 30.3 Å². The minimum Gasteiger partial charge on any atom is -0.337 e. The summed E-state index contributed by atoms with van der Waals surface area (Å²) >= 11 is 0. The number of hydrazine groups is 2. The Kier molecular flexibility index (Phi) is 4.81. The van der Waals surface area contributed by atoms with Crippen LogP contribution < -0.4 is 21.7 Å². The molecule has 1 atom stereocenters. The number of amides is 1. The molecule has 0 saturated carbocycles. The Labute approximate surface area is 191 Å². The average molecular weight is 444 g/mol. The highest BCUT2D eigenvalue weighted by Gasteiger charge is 2.34. The number of rotatable bonds is 4. The van der Waals surface area contributed by atoms with Gasteiger partial charge < -0.3 is 21.1 Å². The number of carbonyl (C=O) groups excluding carboxylic acids is 1. The van der Waals surface area contributed by atoms with E-state index in [4.69, 9.17) is 4.98 Å². The molecule has 33 heavy (non-hydrogen) atoms. The van der Waals surface area contributed by atoms with Gasteiger partial charge in [-0.25, -0.2) is 9.97 Å². The summed E-state index contributed by atoms with van der Waals surface area (Å²) in [5.41, 5.74) is 15.5. The van der Waals surface area contributed by atoms with Gasteiger partial charge in [-0.3, -0.25) is 14.7 Å². The van der Waals surface area contributed by atoms with E-state index in [0.717, 1.165) is 66.5 Å². The second-order valence-corrected chi connectivity index (χ2v) is 8.78. The van der Waals surface area contributed by atoms with E-state index in [-0.39, 0.29) is 5.91 Å². The Hall–Kier alpha value is -3.76. The fraction of sp³-hybridized carbons (Fsp3) is 0.304. The summed E-state index contributed by atoms with van der Waals surface area (Å²) in [4.78, 5) is 30.9. The maximum Gasteiger partial charge on any atom is 0.253 e. The van der Waals surface area contributed by atoms with E-state index in [1.807, 2.05) is 48.5 Å². The number of nitrogens with zero attached hydrogens (tertiary/aromatic N) is 5. The number of likely N-dealkylation sites (tertiary alicyclic amines) is 1. The Morgan fingerprint density at radius 2 is 2.03 bits per heavy atom. The monoisotopic (exact) mass is 443 g/mol. The van der Waals surface area contributed by atoms with Crippen LogP contribution in [0.2, 0.25) is 0 Å². The molecule has 0 bridgehead atoms. The van der Waals surface area contributed by atoms with E-state index in [1.165, 1.54) is 0 Å². The molecule has 2 aromatic heterocycles. The van der Waals surface area contributed by atoms with Gasteiger partial charge in [0.2, 0.25) is 5.95 Å². The molecule has 3 aliphatic heterocycles. The van der Waals surface area contributed by atoms with Crippen LogP contribution in [0.4, 0.5) is 23.0 Å². The topological polar surface area (TPSA) is 110 Å². The zero-order chi connectivity index (χ0) is 22.4. The number of fused-ring (bicyclic) bond motifs is 2. The molecular formula is C23H25N9O. The lowest BCUT2D eigenvalue weighted by Crippen LogP contribution is -2.36. The highest BCUT2D eigenvalue weighted by Crippen LogP contribution is 2.30. The van der Waals surface area contributed by atoms with E-state index in [9.17, 15) is 4.79 Å². The van der Waals surface area contributed by atoms with Gasteiger partial charge in [-0.2, -0.15) is 0 Å². The Morgan fingerprint density at radius 1 is 1.12 bits per heavy atom. The largest absolute Gasteiger partial charge is 0.337 e. The molecule has 0 aliphatic carbocycles. The number of carbonyl (C=O) groups is 1. The molecular weight excluding hydrogens is 418 g/mol. The van der Waals surface area contributed by atoms with Gasteiger partial charge in [0.05, 0.1) is 29.0 Å². The van der Waals surface area contributed by atoms with Crippen LogP contribution in [-0.2, 0) is 13.1 Å². The second kappa shape index (κ2) is 7.98. The number of aromatic nitrogens is 3. The minimum atomic E-state index is 0.0729.